The maximum absolute atomic E-state index is 11.4. The molecule has 5 nitrogen and oxygen atoms in total. The Morgan fingerprint density at radius 3 is 2.54 bits per heavy atom. The molecule has 0 aliphatic heterocycles. The minimum absolute atomic E-state index is 0.102. The molecule has 0 aliphatic carbocycles. The second-order valence-electron chi connectivity index (χ2n) is 5.73. The van der Waals surface area contributed by atoms with Crippen molar-refractivity contribution in [2.75, 3.05) is 14.2 Å². The molecule has 0 unspecified atom stereocenters. The molecule has 0 saturated carbocycles. The average Bonchev–Trinajstić information content (AvgIpc) is 3.17. The molecule has 0 spiro atoms. The summed E-state index contributed by atoms with van der Waals surface area (Å²) in [5.74, 6) is 1.37. The lowest BCUT2D eigenvalue weighted by Crippen LogP contribution is -2.01. The smallest absolute Gasteiger partial charge is 0.248 e. The first-order chi connectivity index (χ1) is 12.7. The molecule has 6 heteroatoms. The third-order valence-electron chi connectivity index (χ3n) is 4.15. The van der Waals surface area contributed by atoms with Crippen LogP contribution in [0.15, 0.2) is 58.7 Å². The van der Waals surface area contributed by atoms with E-state index in [-0.39, 0.29) is 5.56 Å². The van der Waals surface area contributed by atoms with Crippen LogP contribution >= 0.6 is 11.3 Å². The second-order valence-corrected chi connectivity index (χ2v) is 6.59. The Balaban J connectivity index is 1.72. The van der Waals surface area contributed by atoms with Crippen molar-refractivity contribution >= 4 is 22.2 Å². The van der Waals surface area contributed by atoms with E-state index in [0.29, 0.717) is 11.5 Å². The number of aromatic nitrogens is 2. The zero-order chi connectivity index (χ0) is 18.1. The van der Waals surface area contributed by atoms with E-state index in [1.54, 1.807) is 25.6 Å². The van der Waals surface area contributed by atoms with Gasteiger partial charge in [-0.1, -0.05) is 6.07 Å². The van der Waals surface area contributed by atoms with E-state index in [4.69, 9.17) is 14.5 Å². The predicted molar refractivity (Wildman–Crippen MR) is 104 cm³/mol. The van der Waals surface area contributed by atoms with Gasteiger partial charge in [-0.3, -0.25) is 4.79 Å². The summed E-state index contributed by atoms with van der Waals surface area (Å²) < 4.78 is 10.7. The number of nitrogens with zero attached hydrogens (tertiary/aromatic N) is 1. The minimum Gasteiger partial charge on any atom is -0.493 e. The summed E-state index contributed by atoms with van der Waals surface area (Å²) in [6.07, 6.45) is 0. The monoisotopic (exact) mass is 364 g/mol. The van der Waals surface area contributed by atoms with Crippen molar-refractivity contribution in [2.24, 2.45) is 0 Å². The number of ether oxygens (including phenoxy) is 2. The Bertz CT molecular complexity index is 1150. The van der Waals surface area contributed by atoms with Gasteiger partial charge in [0.25, 0.3) is 0 Å². The summed E-state index contributed by atoms with van der Waals surface area (Å²) in [5, 5.41) is 3.91. The Kier molecular flexibility index (Phi) is 4.18. The van der Waals surface area contributed by atoms with Crippen molar-refractivity contribution in [3.8, 4) is 33.3 Å². The zero-order valence-electron chi connectivity index (χ0n) is 14.3. The maximum atomic E-state index is 11.4. The largest absolute Gasteiger partial charge is 0.493 e. The molecule has 4 rings (SSSR count). The summed E-state index contributed by atoms with van der Waals surface area (Å²) >= 11 is 1.57. The Labute approximate surface area is 153 Å². The molecule has 0 fully saturated rings. The fraction of sp³-hybridized carbons (Fsp3) is 0.100. The molecule has 0 radical (unpaired) electrons. The SMILES string of the molecule is COc1ccc(-c2nc(-c3ccc4[nH]c(=O)ccc4c3)cs2)cc1OC. The van der Waals surface area contributed by atoms with Crippen LogP contribution in [0, 0.1) is 0 Å². The maximum Gasteiger partial charge on any atom is 0.248 e. The lowest BCUT2D eigenvalue weighted by atomic mass is 10.1. The van der Waals surface area contributed by atoms with Gasteiger partial charge in [0.15, 0.2) is 11.5 Å². The summed E-state index contributed by atoms with van der Waals surface area (Å²) in [6, 6.07) is 15.0. The van der Waals surface area contributed by atoms with Gasteiger partial charge in [-0.15, -0.1) is 11.3 Å². The van der Waals surface area contributed by atoms with Crippen molar-refractivity contribution in [1.82, 2.24) is 9.97 Å². The standard InChI is InChI=1S/C20H16N2O3S/c1-24-17-7-4-14(10-18(17)25-2)20-22-16(11-26-20)13-3-6-15-12(9-13)5-8-19(23)21-15/h3-11H,1-2H3,(H,21,23). The highest BCUT2D eigenvalue weighted by atomic mass is 32.1. The first kappa shape index (κ1) is 16.4. The van der Waals surface area contributed by atoms with Gasteiger partial charge < -0.3 is 14.5 Å². The summed E-state index contributed by atoms with van der Waals surface area (Å²) in [6.45, 7) is 0. The highest BCUT2D eigenvalue weighted by molar-refractivity contribution is 7.13. The molecule has 0 amide bonds. The molecule has 0 saturated heterocycles. The van der Waals surface area contributed by atoms with Gasteiger partial charge in [0.05, 0.1) is 19.9 Å². The van der Waals surface area contributed by atoms with Gasteiger partial charge in [0.1, 0.15) is 5.01 Å². The van der Waals surface area contributed by atoms with Crippen LogP contribution in [0.3, 0.4) is 0 Å². The van der Waals surface area contributed by atoms with Crippen LogP contribution in [-0.4, -0.2) is 24.2 Å². The molecule has 0 bridgehead atoms. The normalized spacial score (nSPS) is 10.8. The molecule has 2 aromatic carbocycles. The van der Waals surface area contributed by atoms with E-state index < -0.39 is 0 Å². The molecule has 130 valence electrons. The van der Waals surface area contributed by atoms with E-state index in [0.717, 1.165) is 32.7 Å². The van der Waals surface area contributed by atoms with Gasteiger partial charge in [-0.2, -0.15) is 0 Å². The Morgan fingerprint density at radius 1 is 0.923 bits per heavy atom. The van der Waals surface area contributed by atoms with Gasteiger partial charge in [-0.25, -0.2) is 4.98 Å². The number of H-pyrrole nitrogens is 1. The van der Waals surface area contributed by atoms with E-state index >= 15 is 0 Å². The first-order valence-electron chi connectivity index (χ1n) is 7.99. The molecule has 0 atom stereocenters. The van der Waals surface area contributed by atoms with Crippen molar-refractivity contribution < 1.29 is 9.47 Å². The van der Waals surface area contributed by atoms with Crippen LogP contribution in [0.25, 0.3) is 32.7 Å². The number of rotatable bonds is 4. The van der Waals surface area contributed by atoms with E-state index in [1.165, 1.54) is 6.07 Å². The molecular weight excluding hydrogens is 348 g/mol. The number of benzene rings is 2. The number of fused-ring (bicyclic) bond motifs is 1. The zero-order valence-corrected chi connectivity index (χ0v) is 15.1. The molecular formula is C20H16N2O3S. The quantitative estimate of drug-likeness (QED) is 0.585. The third kappa shape index (κ3) is 2.95. The highest BCUT2D eigenvalue weighted by Crippen LogP contribution is 2.35. The lowest BCUT2D eigenvalue weighted by molar-refractivity contribution is 0.355. The molecule has 0 aliphatic rings. The van der Waals surface area contributed by atoms with Crippen LogP contribution in [0.4, 0.5) is 0 Å². The van der Waals surface area contributed by atoms with Crippen LogP contribution in [0.1, 0.15) is 0 Å². The van der Waals surface area contributed by atoms with E-state index in [9.17, 15) is 4.79 Å². The van der Waals surface area contributed by atoms with Crippen molar-refractivity contribution in [3.63, 3.8) is 0 Å². The lowest BCUT2D eigenvalue weighted by Gasteiger charge is -2.08. The summed E-state index contributed by atoms with van der Waals surface area (Å²) in [5.41, 5.74) is 3.59. The van der Waals surface area contributed by atoms with Gasteiger partial charge in [0, 0.05) is 28.1 Å². The van der Waals surface area contributed by atoms with Crippen molar-refractivity contribution in [1.29, 1.82) is 0 Å². The minimum atomic E-state index is -0.102. The van der Waals surface area contributed by atoms with Crippen LogP contribution in [0.5, 0.6) is 11.5 Å². The highest BCUT2D eigenvalue weighted by Gasteiger charge is 2.11. The van der Waals surface area contributed by atoms with Crippen LogP contribution in [0.2, 0.25) is 0 Å². The molecule has 2 aromatic heterocycles. The predicted octanol–water partition coefficient (Wildman–Crippen LogP) is 4.34. The topological polar surface area (TPSA) is 64.2 Å². The van der Waals surface area contributed by atoms with Gasteiger partial charge in [-0.05, 0) is 41.8 Å². The molecule has 1 N–H and O–H groups in total. The number of nitrogens with one attached hydrogen (secondary N) is 1. The van der Waals surface area contributed by atoms with E-state index in [1.807, 2.05) is 47.8 Å². The van der Waals surface area contributed by atoms with Gasteiger partial charge in [0.2, 0.25) is 5.56 Å². The second kappa shape index (κ2) is 6.65. The molecule has 26 heavy (non-hydrogen) atoms. The number of aromatic amines is 1. The Morgan fingerprint density at radius 2 is 1.73 bits per heavy atom. The van der Waals surface area contributed by atoms with Crippen LogP contribution in [-0.2, 0) is 0 Å². The van der Waals surface area contributed by atoms with E-state index in [2.05, 4.69) is 4.98 Å². The summed E-state index contributed by atoms with van der Waals surface area (Å²) in [4.78, 5) is 19.0. The average molecular weight is 364 g/mol. The number of hydrogen-bond donors (Lipinski definition) is 1. The van der Waals surface area contributed by atoms with Crippen LogP contribution < -0.4 is 15.0 Å². The number of methoxy groups -OCH3 is 2. The number of pyridine rings is 1. The number of hydrogen-bond acceptors (Lipinski definition) is 5. The fourth-order valence-corrected chi connectivity index (χ4v) is 3.65. The first-order valence-corrected chi connectivity index (χ1v) is 8.87. The van der Waals surface area contributed by atoms with Gasteiger partial charge >= 0.3 is 0 Å². The fourth-order valence-electron chi connectivity index (χ4n) is 2.82. The van der Waals surface area contributed by atoms with Crippen molar-refractivity contribution in [2.45, 2.75) is 0 Å². The molecule has 4 aromatic rings. The number of thiazole rings is 1. The van der Waals surface area contributed by atoms with Crippen molar-refractivity contribution in [3.05, 3.63) is 64.3 Å². The Hall–Kier alpha value is -3.12. The third-order valence-corrected chi connectivity index (χ3v) is 5.05. The summed E-state index contributed by atoms with van der Waals surface area (Å²) in [7, 11) is 3.24. The molecule has 2 heterocycles.